The summed E-state index contributed by atoms with van der Waals surface area (Å²) in [6.45, 7) is 5.06. The van der Waals surface area contributed by atoms with Crippen molar-refractivity contribution < 1.29 is 4.74 Å². The van der Waals surface area contributed by atoms with Gasteiger partial charge in [-0.3, -0.25) is 0 Å². The Kier molecular flexibility index (Phi) is 4.96. The van der Waals surface area contributed by atoms with Gasteiger partial charge in [0.15, 0.2) is 0 Å². The molecule has 3 nitrogen and oxygen atoms in total. The fraction of sp³-hybridized carbons (Fsp3) is 0.357. The Morgan fingerprint density at radius 2 is 2.21 bits per heavy atom. The van der Waals surface area contributed by atoms with Gasteiger partial charge in [-0.15, -0.1) is 11.3 Å². The Labute approximate surface area is 126 Å². The lowest BCUT2D eigenvalue weighted by Gasteiger charge is -2.07. The Morgan fingerprint density at radius 1 is 1.42 bits per heavy atom. The van der Waals surface area contributed by atoms with Crippen LogP contribution in [0.4, 0.5) is 0 Å². The highest BCUT2D eigenvalue weighted by Gasteiger charge is 2.11. The SMILES string of the molecule is COc1ccc(Br)cc1-c1nc(CNC(C)C)cs1. The van der Waals surface area contributed by atoms with Crippen LogP contribution in [0.15, 0.2) is 28.1 Å². The van der Waals surface area contributed by atoms with Crippen LogP contribution in [0.2, 0.25) is 0 Å². The second-order valence-electron chi connectivity index (χ2n) is 4.52. The van der Waals surface area contributed by atoms with E-state index in [2.05, 4.69) is 45.5 Å². The van der Waals surface area contributed by atoms with E-state index in [0.717, 1.165) is 33.0 Å². The minimum atomic E-state index is 0.463. The van der Waals surface area contributed by atoms with E-state index in [1.807, 2.05) is 18.2 Å². The Balaban J connectivity index is 2.24. The molecule has 0 fully saturated rings. The lowest BCUT2D eigenvalue weighted by atomic mass is 10.2. The first-order valence-corrected chi connectivity index (χ1v) is 7.79. The Morgan fingerprint density at radius 3 is 2.89 bits per heavy atom. The number of benzene rings is 1. The highest BCUT2D eigenvalue weighted by molar-refractivity contribution is 9.10. The molecule has 0 spiro atoms. The summed E-state index contributed by atoms with van der Waals surface area (Å²) in [5.41, 5.74) is 2.09. The monoisotopic (exact) mass is 340 g/mol. The van der Waals surface area contributed by atoms with Gasteiger partial charge in [-0.05, 0) is 18.2 Å². The summed E-state index contributed by atoms with van der Waals surface area (Å²) < 4.78 is 6.42. The molecule has 0 aliphatic carbocycles. The van der Waals surface area contributed by atoms with Gasteiger partial charge in [0, 0.05) is 22.4 Å². The van der Waals surface area contributed by atoms with E-state index in [9.17, 15) is 0 Å². The molecular formula is C14H17BrN2OS. The molecule has 5 heteroatoms. The predicted octanol–water partition coefficient (Wildman–Crippen LogP) is 4.08. The third-order valence-electron chi connectivity index (χ3n) is 2.64. The zero-order valence-corrected chi connectivity index (χ0v) is 13.6. The van der Waals surface area contributed by atoms with Gasteiger partial charge in [0.2, 0.25) is 0 Å². The number of nitrogens with one attached hydrogen (secondary N) is 1. The first-order valence-electron chi connectivity index (χ1n) is 6.12. The molecule has 2 aromatic rings. The minimum Gasteiger partial charge on any atom is -0.496 e. The first kappa shape index (κ1) is 14.5. The molecule has 102 valence electrons. The van der Waals surface area contributed by atoms with Crippen LogP contribution >= 0.6 is 27.3 Å². The van der Waals surface area contributed by atoms with E-state index < -0.39 is 0 Å². The lowest BCUT2D eigenvalue weighted by molar-refractivity contribution is 0.416. The third-order valence-corrected chi connectivity index (χ3v) is 4.05. The van der Waals surface area contributed by atoms with E-state index in [1.54, 1.807) is 18.4 Å². The maximum Gasteiger partial charge on any atom is 0.129 e. The maximum atomic E-state index is 5.39. The van der Waals surface area contributed by atoms with Crippen molar-refractivity contribution in [1.82, 2.24) is 10.3 Å². The number of aromatic nitrogens is 1. The van der Waals surface area contributed by atoms with E-state index in [1.165, 1.54) is 0 Å². The fourth-order valence-electron chi connectivity index (χ4n) is 1.67. The van der Waals surface area contributed by atoms with Gasteiger partial charge in [-0.25, -0.2) is 4.98 Å². The average Bonchev–Trinajstić information content (AvgIpc) is 2.85. The lowest BCUT2D eigenvalue weighted by Crippen LogP contribution is -2.21. The quantitative estimate of drug-likeness (QED) is 0.890. The van der Waals surface area contributed by atoms with Crippen molar-refractivity contribution in [2.24, 2.45) is 0 Å². The molecule has 0 aliphatic rings. The molecule has 0 atom stereocenters. The molecule has 0 unspecified atom stereocenters. The summed E-state index contributed by atoms with van der Waals surface area (Å²) in [5, 5.41) is 6.44. The van der Waals surface area contributed by atoms with Crippen molar-refractivity contribution in [2.45, 2.75) is 26.4 Å². The van der Waals surface area contributed by atoms with Crippen LogP contribution in [0.1, 0.15) is 19.5 Å². The van der Waals surface area contributed by atoms with E-state index >= 15 is 0 Å². The molecule has 0 amide bonds. The summed E-state index contributed by atoms with van der Waals surface area (Å²) in [5.74, 6) is 0.848. The number of nitrogens with zero attached hydrogens (tertiary/aromatic N) is 1. The number of rotatable bonds is 5. The Bertz CT molecular complexity index is 554. The number of ether oxygens (including phenoxy) is 1. The number of thiazole rings is 1. The van der Waals surface area contributed by atoms with Crippen molar-refractivity contribution in [2.75, 3.05) is 7.11 Å². The van der Waals surface area contributed by atoms with Crippen LogP contribution < -0.4 is 10.1 Å². The second kappa shape index (κ2) is 6.50. The smallest absolute Gasteiger partial charge is 0.129 e. The first-order chi connectivity index (χ1) is 9.10. The standard InChI is InChI=1S/C14H17BrN2OS/c1-9(2)16-7-11-8-19-14(17-11)12-6-10(15)4-5-13(12)18-3/h4-6,8-9,16H,7H2,1-3H3. The van der Waals surface area contributed by atoms with Crippen LogP contribution in [0, 0.1) is 0 Å². The molecular weight excluding hydrogens is 324 g/mol. The molecule has 1 aromatic heterocycles. The molecule has 0 bridgehead atoms. The van der Waals surface area contributed by atoms with Gasteiger partial charge in [-0.1, -0.05) is 29.8 Å². The largest absolute Gasteiger partial charge is 0.496 e. The molecule has 2 rings (SSSR count). The average molecular weight is 341 g/mol. The summed E-state index contributed by atoms with van der Waals surface area (Å²) in [4.78, 5) is 4.66. The van der Waals surface area contributed by atoms with Crippen LogP contribution in [-0.4, -0.2) is 18.1 Å². The topological polar surface area (TPSA) is 34.1 Å². The number of hydrogen-bond acceptors (Lipinski definition) is 4. The van der Waals surface area contributed by atoms with Gasteiger partial charge >= 0.3 is 0 Å². The highest BCUT2D eigenvalue weighted by Crippen LogP contribution is 2.34. The van der Waals surface area contributed by atoms with Crippen LogP contribution in [0.25, 0.3) is 10.6 Å². The van der Waals surface area contributed by atoms with Crippen molar-refractivity contribution in [3.63, 3.8) is 0 Å². The number of methoxy groups -OCH3 is 1. The summed E-state index contributed by atoms with van der Waals surface area (Å²) in [6.07, 6.45) is 0. The molecule has 1 N–H and O–H groups in total. The Hall–Kier alpha value is -0.910. The number of halogens is 1. The van der Waals surface area contributed by atoms with Gasteiger partial charge in [0.1, 0.15) is 10.8 Å². The molecule has 0 aliphatic heterocycles. The van der Waals surface area contributed by atoms with Crippen LogP contribution in [0.3, 0.4) is 0 Å². The zero-order chi connectivity index (χ0) is 13.8. The van der Waals surface area contributed by atoms with Crippen LogP contribution in [-0.2, 0) is 6.54 Å². The second-order valence-corrected chi connectivity index (χ2v) is 6.30. The molecule has 19 heavy (non-hydrogen) atoms. The van der Waals surface area contributed by atoms with Crippen molar-refractivity contribution in [1.29, 1.82) is 0 Å². The van der Waals surface area contributed by atoms with Gasteiger partial charge < -0.3 is 10.1 Å². The molecule has 0 saturated heterocycles. The van der Waals surface area contributed by atoms with Crippen molar-refractivity contribution >= 4 is 27.3 Å². The predicted molar refractivity (Wildman–Crippen MR) is 83.8 cm³/mol. The fourth-order valence-corrected chi connectivity index (χ4v) is 2.87. The molecule has 1 aromatic carbocycles. The highest BCUT2D eigenvalue weighted by atomic mass is 79.9. The van der Waals surface area contributed by atoms with Crippen molar-refractivity contribution in [3.05, 3.63) is 33.7 Å². The summed E-state index contributed by atoms with van der Waals surface area (Å²) in [6, 6.07) is 6.42. The van der Waals surface area contributed by atoms with E-state index in [4.69, 9.17) is 4.74 Å². The van der Waals surface area contributed by atoms with Gasteiger partial charge in [-0.2, -0.15) is 0 Å². The maximum absolute atomic E-state index is 5.39. The molecule has 0 saturated carbocycles. The van der Waals surface area contributed by atoms with Gasteiger partial charge in [0.05, 0.1) is 18.4 Å². The summed E-state index contributed by atoms with van der Waals surface area (Å²) >= 11 is 5.13. The molecule has 1 heterocycles. The summed E-state index contributed by atoms with van der Waals surface area (Å²) in [7, 11) is 1.68. The minimum absolute atomic E-state index is 0.463. The normalized spacial score (nSPS) is 11.0. The zero-order valence-electron chi connectivity index (χ0n) is 11.2. The number of hydrogen-bond donors (Lipinski definition) is 1. The van der Waals surface area contributed by atoms with Gasteiger partial charge in [0.25, 0.3) is 0 Å². The van der Waals surface area contributed by atoms with Crippen LogP contribution in [0.5, 0.6) is 5.75 Å². The van der Waals surface area contributed by atoms with Crippen molar-refractivity contribution in [3.8, 4) is 16.3 Å². The van der Waals surface area contributed by atoms with E-state index in [0.29, 0.717) is 6.04 Å². The molecule has 0 radical (unpaired) electrons. The third kappa shape index (κ3) is 3.78. The van der Waals surface area contributed by atoms with E-state index in [-0.39, 0.29) is 0 Å².